The van der Waals surface area contributed by atoms with Crippen LogP contribution in [0.25, 0.3) is 11.1 Å². The lowest BCUT2D eigenvalue weighted by Gasteiger charge is -2.24. The van der Waals surface area contributed by atoms with Gasteiger partial charge in [-0.15, -0.1) is 0 Å². The van der Waals surface area contributed by atoms with E-state index >= 15 is 0 Å². The van der Waals surface area contributed by atoms with Crippen molar-refractivity contribution in [2.45, 2.75) is 51.9 Å². The van der Waals surface area contributed by atoms with E-state index in [0.717, 1.165) is 5.92 Å². The van der Waals surface area contributed by atoms with Crippen LogP contribution < -0.4 is 0 Å². The topological polar surface area (TPSA) is 0 Å². The molecule has 20 heavy (non-hydrogen) atoms. The highest BCUT2D eigenvalue weighted by molar-refractivity contribution is 5.65. The molecular formula is C20H24. The fourth-order valence-electron chi connectivity index (χ4n) is 3.47. The minimum absolute atomic E-state index is 0.802. The lowest BCUT2D eigenvalue weighted by molar-refractivity contribution is 0.442. The van der Waals surface area contributed by atoms with Crippen LogP contribution in [0.3, 0.4) is 0 Å². The summed E-state index contributed by atoms with van der Waals surface area (Å²) in [5.74, 6) is 0.802. The number of benzene rings is 2. The summed E-state index contributed by atoms with van der Waals surface area (Å²) in [4.78, 5) is 0. The molecule has 0 radical (unpaired) electrons. The van der Waals surface area contributed by atoms with Gasteiger partial charge in [-0.05, 0) is 54.9 Å². The van der Waals surface area contributed by atoms with Crippen molar-refractivity contribution in [3.05, 3.63) is 59.2 Å². The first kappa shape index (κ1) is 13.4. The minimum Gasteiger partial charge on any atom is -0.0587 e. The second-order valence-electron chi connectivity index (χ2n) is 6.27. The van der Waals surface area contributed by atoms with Gasteiger partial charge in [0.15, 0.2) is 0 Å². The summed E-state index contributed by atoms with van der Waals surface area (Å²) >= 11 is 0. The Kier molecular flexibility index (Phi) is 3.91. The van der Waals surface area contributed by atoms with Gasteiger partial charge < -0.3 is 0 Å². The molecule has 0 bridgehead atoms. The molecule has 1 saturated carbocycles. The average Bonchev–Trinajstić information content (AvgIpc) is 2.49. The van der Waals surface area contributed by atoms with E-state index in [-0.39, 0.29) is 0 Å². The normalized spacial score (nSPS) is 16.3. The standard InChI is InChI=1S/C20H24/c1-15-8-10-17(11-9-15)19-12-13-20(16(2)14-19)18-6-4-3-5-7-18/h8-14,18H,3-7H2,1-2H3. The van der Waals surface area contributed by atoms with Crippen molar-refractivity contribution in [1.29, 1.82) is 0 Å². The molecule has 2 aromatic carbocycles. The minimum atomic E-state index is 0.802. The van der Waals surface area contributed by atoms with Crippen molar-refractivity contribution < 1.29 is 0 Å². The van der Waals surface area contributed by atoms with Gasteiger partial charge in [0.1, 0.15) is 0 Å². The van der Waals surface area contributed by atoms with E-state index in [4.69, 9.17) is 0 Å². The van der Waals surface area contributed by atoms with E-state index < -0.39 is 0 Å². The van der Waals surface area contributed by atoms with Gasteiger partial charge in [-0.3, -0.25) is 0 Å². The van der Waals surface area contributed by atoms with Crippen LogP contribution in [0.2, 0.25) is 0 Å². The Bertz CT molecular complexity index is 571. The molecule has 0 nitrogen and oxygen atoms in total. The summed E-state index contributed by atoms with van der Waals surface area (Å²) in [5.41, 5.74) is 7.05. The van der Waals surface area contributed by atoms with Gasteiger partial charge in [-0.2, -0.15) is 0 Å². The predicted octanol–water partition coefficient (Wildman–Crippen LogP) is 6.02. The lowest BCUT2D eigenvalue weighted by Crippen LogP contribution is -2.06. The summed E-state index contributed by atoms with van der Waals surface area (Å²) in [5, 5.41) is 0. The lowest BCUT2D eigenvalue weighted by atomic mass is 9.81. The zero-order valence-corrected chi connectivity index (χ0v) is 12.7. The molecule has 0 spiro atoms. The van der Waals surface area contributed by atoms with Crippen molar-refractivity contribution >= 4 is 0 Å². The molecule has 1 aliphatic carbocycles. The molecular weight excluding hydrogens is 240 g/mol. The Morgan fingerprint density at radius 2 is 1.40 bits per heavy atom. The predicted molar refractivity (Wildman–Crippen MR) is 87.2 cm³/mol. The first-order valence-corrected chi connectivity index (χ1v) is 7.91. The van der Waals surface area contributed by atoms with E-state index in [0.29, 0.717) is 0 Å². The molecule has 1 fully saturated rings. The van der Waals surface area contributed by atoms with Crippen molar-refractivity contribution in [1.82, 2.24) is 0 Å². The Morgan fingerprint density at radius 3 is 2.05 bits per heavy atom. The maximum Gasteiger partial charge on any atom is -0.0159 e. The molecule has 2 aromatic rings. The van der Waals surface area contributed by atoms with Gasteiger partial charge in [0, 0.05) is 0 Å². The van der Waals surface area contributed by atoms with Gasteiger partial charge in [-0.1, -0.05) is 67.3 Å². The third-order valence-corrected chi connectivity index (χ3v) is 4.70. The molecule has 0 N–H and O–H groups in total. The zero-order chi connectivity index (χ0) is 13.9. The maximum atomic E-state index is 2.38. The van der Waals surface area contributed by atoms with Gasteiger partial charge in [0.05, 0.1) is 0 Å². The average molecular weight is 264 g/mol. The van der Waals surface area contributed by atoms with Gasteiger partial charge in [0.2, 0.25) is 0 Å². The molecule has 0 aliphatic heterocycles. The second kappa shape index (κ2) is 5.83. The van der Waals surface area contributed by atoms with Crippen LogP contribution in [0.4, 0.5) is 0 Å². The number of hydrogen-bond acceptors (Lipinski definition) is 0. The molecule has 0 heteroatoms. The summed E-state index contributed by atoms with van der Waals surface area (Å²) in [6.45, 7) is 4.42. The monoisotopic (exact) mass is 264 g/mol. The Morgan fingerprint density at radius 1 is 0.750 bits per heavy atom. The van der Waals surface area contributed by atoms with Crippen LogP contribution in [0, 0.1) is 13.8 Å². The van der Waals surface area contributed by atoms with E-state index in [1.165, 1.54) is 54.4 Å². The van der Waals surface area contributed by atoms with Crippen LogP contribution in [-0.2, 0) is 0 Å². The van der Waals surface area contributed by atoms with Crippen LogP contribution >= 0.6 is 0 Å². The van der Waals surface area contributed by atoms with Crippen molar-refractivity contribution in [2.75, 3.05) is 0 Å². The fraction of sp³-hybridized carbons (Fsp3) is 0.400. The van der Waals surface area contributed by atoms with E-state index in [1.54, 1.807) is 5.56 Å². The zero-order valence-electron chi connectivity index (χ0n) is 12.7. The van der Waals surface area contributed by atoms with E-state index in [1.807, 2.05) is 0 Å². The van der Waals surface area contributed by atoms with Crippen molar-refractivity contribution in [2.24, 2.45) is 0 Å². The first-order chi connectivity index (χ1) is 9.74. The number of aryl methyl sites for hydroxylation is 2. The number of hydrogen-bond donors (Lipinski definition) is 0. The fourth-order valence-corrected chi connectivity index (χ4v) is 3.47. The Labute approximate surface area is 122 Å². The molecule has 1 aliphatic rings. The van der Waals surface area contributed by atoms with Gasteiger partial charge >= 0.3 is 0 Å². The largest absolute Gasteiger partial charge is 0.0587 e. The van der Waals surface area contributed by atoms with Crippen LogP contribution in [0.5, 0.6) is 0 Å². The first-order valence-electron chi connectivity index (χ1n) is 7.91. The smallest absolute Gasteiger partial charge is 0.0159 e. The third kappa shape index (κ3) is 2.80. The third-order valence-electron chi connectivity index (χ3n) is 4.70. The van der Waals surface area contributed by atoms with Crippen molar-refractivity contribution in [3.63, 3.8) is 0 Å². The van der Waals surface area contributed by atoms with E-state index in [9.17, 15) is 0 Å². The SMILES string of the molecule is Cc1ccc(-c2ccc(C3CCCCC3)c(C)c2)cc1. The molecule has 0 heterocycles. The highest BCUT2D eigenvalue weighted by Gasteiger charge is 2.17. The summed E-state index contributed by atoms with van der Waals surface area (Å²) < 4.78 is 0. The summed E-state index contributed by atoms with van der Waals surface area (Å²) in [6.07, 6.45) is 7.00. The molecule has 3 rings (SSSR count). The molecule has 0 aromatic heterocycles. The molecule has 0 atom stereocenters. The second-order valence-corrected chi connectivity index (χ2v) is 6.27. The summed E-state index contributed by atoms with van der Waals surface area (Å²) in [7, 11) is 0. The molecule has 104 valence electrons. The highest BCUT2D eigenvalue weighted by atomic mass is 14.2. The van der Waals surface area contributed by atoms with Crippen molar-refractivity contribution in [3.8, 4) is 11.1 Å². The van der Waals surface area contributed by atoms with Crippen LogP contribution in [-0.4, -0.2) is 0 Å². The van der Waals surface area contributed by atoms with Gasteiger partial charge in [-0.25, -0.2) is 0 Å². The summed E-state index contributed by atoms with van der Waals surface area (Å²) in [6, 6.07) is 15.9. The quantitative estimate of drug-likeness (QED) is 0.622. The Hall–Kier alpha value is -1.56. The maximum absolute atomic E-state index is 2.38. The Balaban J connectivity index is 1.88. The van der Waals surface area contributed by atoms with Crippen LogP contribution in [0.15, 0.2) is 42.5 Å². The van der Waals surface area contributed by atoms with Gasteiger partial charge in [0.25, 0.3) is 0 Å². The molecule has 0 unspecified atom stereocenters. The highest BCUT2D eigenvalue weighted by Crippen LogP contribution is 2.35. The molecule has 0 amide bonds. The number of rotatable bonds is 2. The van der Waals surface area contributed by atoms with E-state index in [2.05, 4.69) is 56.3 Å². The van der Waals surface area contributed by atoms with Crippen LogP contribution in [0.1, 0.15) is 54.7 Å². The molecule has 0 saturated heterocycles.